The summed E-state index contributed by atoms with van der Waals surface area (Å²) in [4.78, 5) is 6.37. The molecule has 0 amide bonds. The van der Waals surface area contributed by atoms with Gasteiger partial charge >= 0.3 is 0 Å². The molecule has 2 aliphatic rings. The summed E-state index contributed by atoms with van der Waals surface area (Å²) in [5.74, 6) is -0.205. The molecule has 3 nitrogen and oxygen atoms in total. The molecule has 0 saturated carbocycles. The fourth-order valence-electron chi connectivity index (χ4n) is 3.76. The van der Waals surface area contributed by atoms with Crippen molar-refractivity contribution in [2.45, 2.75) is 64.1 Å². The summed E-state index contributed by atoms with van der Waals surface area (Å²) in [5, 5.41) is 5.45. The molecule has 1 fully saturated rings. The molecule has 1 atom stereocenters. The SMILES string of the molecule is CC1(C)CCCC(C)(C)N1OC1CNc2ccc(F)cc21. The summed E-state index contributed by atoms with van der Waals surface area (Å²) < 4.78 is 13.5. The van der Waals surface area contributed by atoms with E-state index in [9.17, 15) is 4.39 Å². The highest BCUT2D eigenvalue weighted by molar-refractivity contribution is 5.56. The Kier molecular flexibility index (Phi) is 3.49. The molecule has 0 aliphatic carbocycles. The number of hydrogen-bond acceptors (Lipinski definition) is 3. The van der Waals surface area contributed by atoms with Crippen molar-refractivity contribution in [3.05, 3.63) is 29.6 Å². The lowest BCUT2D eigenvalue weighted by Crippen LogP contribution is -2.58. The predicted molar refractivity (Wildman–Crippen MR) is 82.6 cm³/mol. The average molecular weight is 292 g/mol. The number of hydroxylamine groups is 2. The summed E-state index contributed by atoms with van der Waals surface area (Å²) in [6.45, 7) is 9.60. The molecule has 0 radical (unpaired) electrons. The molecule has 0 spiro atoms. The summed E-state index contributed by atoms with van der Waals surface area (Å²) in [6.07, 6.45) is 3.33. The Balaban J connectivity index is 1.85. The average Bonchev–Trinajstić information content (AvgIpc) is 2.76. The standard InChI is InChI=1S/C17H25FN2O/c1-16(2)8-5-9-17(3,4)20(16)21-15-11-19-14-7-6-12(18)10-13(14)15/h6-7,10,15,19H,5,8-9,11H2,1-4H3. The van der Waals surface area contributed by atoms with Crippen molar-refractivity contribution in [1.29, 1.82) is 0 Å². The third kappa shape index (κ3) is 2.67. The van der Waals surface area contributed by atoms with E-state index < -0.39 is 0 Å². The Hall–Kier alpha value is -1.13. The quantitative estimate of drug-likeness (QED) is 0.881. The van der Waals surface area contributed by atoms with Crippen molar-refractivity contribution in [2.24, 2.45) is 0 Å². The van der Waals surface area contributed by atoms with Crippen LogP contribution in [0.4, 0.5) is 10.1 Å². The Bertz CT molecular complexity index is 526. The van der Waals surface area contributed by atoms with E-state index in [0.717, 1.165) is 24.1 Å². The maximum absolute atomic E-state index is 13.5. The van der Waals surface area contributed by atoms with Crippen LogP contribution in [0.25, 0.3) is 0 Å². The van der Waals surface area contributed by atoms with Crippen molar-refractivity contribution in [2.75, 3.05) is 11.9 Å². The maximum atomic E-state index is 13.5. The number of nitrogens with one attached hydrogen (secondary N) is 1. The number of rotatable bonds is 2. The Labute approximate surface area is 126 Å². The van der Waals surface area contributed by atoms with Crippen molar-refractivity contribution < 1.29 is 9.23 Å². The lowest BCUT2D eigenvalue weighted by Gasteiger charge is -2.52. The lowest BCUT2D eigenvalue weighted by atomic mass is 9.82. The largest absolute Gasteiger partial charge is 0.382 e. The number of anilines is 1. The first-order chi connectivity index (χ1) is 9.79. The zero-order valence-electron chi connectivity index (χ0n) is 13.4. The Morgan fingerprint density at radius 2 is 1.86 bits per heavy atom. The fourth-order valence-corrected chi connectivity index (χ4v) is 3.76. The first-order valence-corrected chi connectivity index (χ1v) is 7.80. The smallest absolute Gasteiger partial charge is 0.124 e. The van der Waals surface area contributed by atoms with Crippen LogP contribution in [-0.2, 0) is 4.84 Å². The molecular weight excluding hydrogens is 267 g/mol. The van der Waals surface area contributed by atoms with Crippen LogP contribution < -0.4 is 5.32 Å². The first-order valence-electron chi connectivity index (χ1n) is 7.80. The summed E-state index contributed by atoms with van der Waals surface area (Å²) in [7, 11) is 0. The van der Waals surface area contributed by atoms with Crippen molar-refractivity contribution in [3.63, 3.8) is 0 Å². The number of piperidine rings is 1. The van der Waals surface area contributed by atoms with Crippen LogP contribution in [0.5, 0.6) is 0 Å². The number of nitrogens with zero attached hydrogens (tertiary/aromatic N) is 1. The van der Waals surface area contributed by atoms with Gasteiger partial charge in [0.2, 0.25) is 0 Å². The van der Waals surface area contributed by atoms with Crippen LogP contribution in [0.15, 0.2) is 18.2 Å². The van der Waals surface area contributed by atoms with Gasteiger partial charge < -0.3 is 5.32 Å². The summed E-state index contributed by atoms with van der Waals surface area (Å²) in [6, 6.07) is 4.87. The van der Waals surface area contributed by atoms with Crippen LogP contribution in [0.2, 0.25) is 0 Å². The van der Waals surface area contributed by atoms with Gasteiger partial charge in [0.05, 0.1) is 0 Å². The van der Waals surface area contributed by atoms with E-state index in [1.165, 1.54) is 12.5 Å². The second kappa shape index (κ2) is 4.96. The Morgan fingerprint density at radius 3 is 2.52 bits per heavy atom. The van der Waals surface area contributed by atoms with Crippen molar-refractivity contribution >= 4 is 5.69 Å². The third-order valence-electron chi connectivity index (χ3n) is 4.75. The van der Waals surface area contributed by atoms with E-state index in [2.05, 4.69) is 38.1 Å². The number of benzene rings is 1. The van der Waals surface area contributed by atoms with E-state index in [1.807, 2.05) is 0 Å². The second-order valence-corrected chi connectivity index (χ2v) is 7.48. The number of fused-ring (bicyclic) bond motifs is 1. The lowest BCUT2D eigenvalue weighted by molar-refractivity contribution is -0.303. The molecule has 116 valence electrons. The Morgan fingerprint density at radius 1 is 1.19 bits per heavy atom. The highest BCUT2D eigenvalue weighted by Gasteiger charge is 2.44. The first kappa shape index (κ1) is 14.8. The predicted octanol–water partition coefficient (Wildman–Crippen LogP) is 4.27. The molecule has 1 N–H and O–H groups in total. The van der Waals surface area contributed by atoms with Crippen LogP contribution >= 0.6 is 0 Å². The zero-order valence-corrected chi connectivity index (χ0v) is 13.4. The minimum Gasteiger partial charge on any atom is -0.382 e. The van der Waals surface area contributed by atoms with Gasteiger partial charge in [0.25, 0.3) is 0 Å². The van der Waals surface area contributed by atoms with Crippen LogP contribution in [-0.4, -0.2) is 22.7 Å². The van der Waals surface area contributed by atoms with Gasteiger partial charge in [-0.1, -0.05) is 0 Å². The molecule has 1 unspecified atom stereocenters. The number of hydrogen-bond donors (Lipinski definition) is 1. The van der Waals surface area contributed by atoms with E-state index in [-0.39, 0.29) is 23.0 Å². The molecule has 0 aromatic heterocycles. The summed E-state index contributed by atoms with van der Waals surface area (Å²) in [5.41, 5.74) is 1.90. The molecule has 2 heterocycles. The van der Waals surface area contributed by atoms with Gasteiger partial charge in [-0.2, -0.15) is 5.06 Å². The molecule has 1 aromatic carbocycles. The van der Waals surface area contributed by atoms with E-state index in [4.69, 9.17) is 4.84 Å². The fraction of sp³-hybridized carbons (Fsp3) is 0.647. The van der Waals surface area contributed by atoms with Gasteiger partial charge in [-0.25, -0.2) is 4.39 Å². The minimum atomic E-state index is -0.205. The molecule has 21 heavy (non-hydrogen) atoms. The zero-order chi connectivity index (χ0) is 15.3. The van der Waals surface area contributed by atoms with Crippen LogP contribution in [0.1, 0.15) is 58.6 Å². The van der Waals surface area contributed by atoms with E-state index in [0.29, 0.717) is 6.54 Å². The molecule has 0 bridgehead atoms. The molecule has 3 rings (SSSR count). The van der Waals surface area contributed by atoms with Gasteiger partial charge in [0.15, 0.2) is 0 Å². The highest BCUT2D eigenvalue weighted by atomic mass is 19.1. The second-order valence-electron chi connectivity index (χ2n) is 7.48. The summed E-state index contributed by atoms with van der Waals surface area (Å²) >= 11 is 0. The van der Waals surface area contributed by atoms with Crippen molar-refractivity contribution in [1.82, 2.24) is 5.06 Å². The minimum absolute atomic E-state index is 0.00215. The van der Waals surface area contributed by atoms with Crippen LogP contribution in [0.3, 0.4) is 0 Å². The molecule has 1 aromatic rings. The van der Waals surface area contributed by atoms with E-state index >= 15 is 0 Å². The van der Waals surface area contributed by atoms with Gasteiger partial charge in [-0.15, -0.1) is 0 Å². The molecule has 4 heteroatoms. The highest BCUT2D eigenvalue weighted by Crippen LogP contribution is 2.42. The van der Waals surface area contributed by atoms with E-state index in [1.54, 1.807) is 12.1 Å². The van der Waals surface area contributed by atoms with Crippen LogP contribution in [0, 0.1) is 5.82 Å². The van der Waals surface area contributed by atoms with Gasteiger partial charge in [-0.3, -0.25) is 4.84 Å². The van der Waals surface area contributed by atoms with Gasteiger partial charge in [0, 0.05) is 28.9 Å². The topological polar surface area (TPSA) is 24.5 Å². The third-order valence-corrected chi connectivity index (χ3v) is 4.75. The number of halogens is 1. The molecular formula is C17H25FN2O. The monoisotopic (exact) mass is 292 g/mol. The van der Waals surface area contributed by atoms with Gasteiger partial charge in [0.1, 0.15) is 11.9 Å². The normalized spacial score (nSPS) is 27.2. The van der Waals surface area contributed by atoms with Gasteiger partial charge in [-0.05, 0) is 65.2 Å². The van der Waals surface area contributed by atoms with Crippen molar-refractivity contribution in [3.8, 4) is 0 Å². The maximum Gasteiger partial charge on any atom is 0.124 e. The molecule has 2 aliphatic heterocycles. The molecule has 1 saturated heterocycles.